The fraction of sp³-hybridized carbons (Fsp3) is 0.750. The molecule has 0 spiro atoms. The maximum atomic E-state index is 11.7. The summed E-state index contributed by atoms with van der Waals surface area (Å²) in [5.74, 6) is -0.662. The molecule has 0 saturated carbocycles. The minimum absolute atomic E-state index is 0.304. The molecule has 100 valence electrons. The van der Waals surface area contributed by atoms with E-state index in [9.17, 15) is 9.59 Å². The number of nitriles is 1. The second-order valence-electron chi connectivity index (χ2n) is 5.29. The van der Waals surface area contributed by atoms with E-state index in [1.807, 2.05) is 0 Å². The first kappa shape index (κ1) is 14.5. The molecule has 1 aliphatic rings. The molecule has 6 nitrogen and oxygen atoms in total. The topological polar surface area (TPSA) is 79.6 Å². The third-order valence-corrected chi connectivity index (χ3v) is 2.69. The molecule has 1 rings (SSSR count). The molecule has 6 heteroatoms. The van der Waals surface area contributed by atoms with E-state index in [0.717, 1.165) is 0 Å². The van der Waals surface area contributed by atoms with Gasteiger partial charge >= 0.3 is 12.1 Å². The molecule has 1 heterocycles. The second kappa shape index (κ2) is 5.36. The lowest BCUT2D eigenvalue weighted by Gasteiger charge is -2.21. The average Bonchev–Trinajstić information content (AvgIpc) is 2.56. The molecule has 1 fully saturated rings. The molecule has 1 saturated heterocycles. The van der Waals surface area contributed by atoms with Gasteiger partial charge in [-0.05, 0) is 40.7 Å². The van der Waals surface area contributed by atoms with Gasteiger partial charge in [0.05, 0.1) is 12.1 Å². The Bertz CT molecular complexity index is 381. The van der Waals surface area contributed by atoms with Crippen LogP contribution in [-0.4, -0.2) is 41.8 Å². The molecule has 0 aliphatic carbocycles. The number of nitrogens with zero attached hydrogens (tertiary/aromatic N) is 2. The first-order chi connectivity index (χ1) is 8.24. The Labute approximate surface area is 106 Å². The van der Waals surface area contributed by atoms with Gasteiger partial charge in [-0.25, -0.2) is 9.59 Å². The van der Waals surface area contributed by atoms with Crippen LogP contribution >= 0.6 is 0 Å². The zero-order valence-corrected chi connectivity index (χ0v) is 11.1. The van der Waals surface area contributed by atoms with Gasteiger partial charge in [0.15, 0.2) is 0 Å². The molecule has 0 aromatic heterocycles. The van der Waals surface area contributed by atoms with Gasteiger partial charge in [0.2, 0.25) is 0 Å². The van der Waals surface area contributed by atoms with Gasteiger partial charge in [0.25, 0.3) is 0 Å². The van der Waals surface area contributed by atoms with Crippen LogP contribution < -0.4 is 0 Å². The Balaban J connectivity index is 2.52. The maximum Gasteiger partial charge on any atom is 0.516 e. The molecule has 1 aliphatic heterocycles. The summed E-state index contributed by atoms with van der Waals surface area (Å²) in [6.07, 6.45) is 0.110. The number of carbonyl (C=O) groups is 2. The van der Waals surface area contributed by atoms with Crippen LogP contribution in [0.2, 0.25) is 0 Å². The minimum atomic E-state index is -0.999. The van der Waals surface area contributed by atoms with Gasteiger partial charge in [-0.15, -0.1) is 0 Å². The number of hydrogen-bond acceptors (Lipinski definition) is 6. The van der Waals surface area contributed by atoms with E-state index >= 15 is 0 Å². The van der Waals surface area contributed by atoms with Crippen molar-refractivity contribution in [3.8, 4) is 6.07 Å². The van der Waals surface area contributed by atoms with Crippen molar-refractivity contribution in [2.75, 3.05) is 7.05 Å². The van der Waals surface area contributed by atoms with E-state index in [2.05, 4.69) is 10.8 Å². The summed E-state index contributed by atoms with van der Waals surface area (Å²) in [7, 11) is 1.67. The predicted octanol–water partition coefficient (Wildman–Crippen LogP) is 1.45. The van der Waals surface area contributed by atoms with Gasteiger partial charge in [-0.3, -0.25) is 4.90 Å². The molecule has 2 unspecified atom stereocenters. The monoisotopic (exact) mass is 254 g/mol. The number of rotatable bonds is 1. The maximum absolute atomic E-state index is 11.7. The van der Waals surface area contributed by atoms with Crippen molar-refractivity contribution < 1.29 is 19.1 Å². The summed E-state index contributed by atoms with van der Waals surface area (Å²) in [6, 6.07) is 1.23. The van der Waals surface area contributed by atoms with E-state index in [4.69, 9.17) is 10.00 Å². The molecule has 0 bridgehead atoms. The third-order valence-electron chi connectivity index (χ3n) is 2.69. The Kier molecular flexibility index (Phi) is 4.30. The van der Waals surface area contributed by atoms with Crippen LogP contribution in [0.25, 0.3) is 0 Å². The summed E-state index contributed by atoms with van der Waals surface area (Å²) in [4.78, 5) is 24.7. The number of ether oxygens (including phenoxy) is 2. The molecule has 0 aromatic rings. The summed E-state index contributed by atoms with van der Waals surface area (Å²) in [5, 5.41) is 8.84. The van der Waals surface area contributed by atoms with Crippen LogP contribution in [0.15, 0.2) is 0 Å². The molecule has 0 N–H and O–H groups in total. The van der Waals surface area contributed by atoms with Crippen molar-refractivity contribution in [1.29, 1.82) is 5.26 Å². The third kappa shape index (κ3) is 3.70. The Morgan fingerprint density at radius 3 is 2.39 bits per heavy atom. The average molecular weight is 254 g/mol. The number of likely N-dealkylation sites (tertiary alicyclic amines) is 1. The summed E-state index contributed by atoms with van der Waals surface area (Å²) < 4.78 is 9.51. The van der Waals surface area contributed by atoms with Crippen molar-refractivity contribution in [3.63, 3.8) is 0 Å². The van der Waals surface area contributed by atoms with E-state index in [0.29, 0.717) is 12.8 Å². The van der Waals surface area contributed by atoms with Crippen molar-refractivity contribution in [2.45, 2.75) is 51.3 Å². The molecular weight excluding hydrogens is 236 g/mol. The van der Waals surface area contributed by atoms with Crippen LogP contribution in [-0.2, 0) is 14.3 Å². The zero-order valence-electron chi connectivity index (χ0n) is 11.1. The molecule has 2 atom stereocenters. The van der Waals surface area contributed by atoms with Gasteiger partial charge in [0, 0.05) is 0 Å². The second-order valence-corrected chi connectivity index (χ2v) is 5.29. The highest BCUT2D eigenvalue weighted by Crippen LogP contribution is 2.23. The van der Waals surface area contributed by atoms with Crippen molar-refractivity contribution in [1.82, 2.24) is 4.90 Å². The van der Waals surface area contributed by atoms with Crippen molar-refractivity contribution in [2.24, 2.45) is 0 Å². The molecule has 0 radical (unpaired) electrons. The molecule has 0 aromatic carbocycles. The molecular formula is C12H18N2O4. The largest absolute Gasteiger partial charge is 0.516 e. The van der Waals surface area contributed by atoms with Crippen molar-refractivity contribution in [3.05, 3.63) is 0 Å². The Morgan fingerprint density at radius 1 is 1.33 bits per heavy atom. The lowest BCUT2D eigenvalue weighted by Crippen LogP contribution is -2.39. The summed E-state index contributed by atoms with van der Waals surface area (Å²) in [6.45, 7) is 5.06. The molecule has 0 amide bonds. The first-order valence-electron chi connectivity index (χ1n) is 5.81. The zero-order chi connectivity index (χ0) is 13.9. The Hall–Kier alpha value is -1.61. The van der Waals surface area contributed by atoms with Crippen molar-refractivity contribution >= 4 is 12.1 Å². The number of hydrogen-bond donors (Lipinski definition) is 0. The highest BCUT2D eigenvalue weighted by molar-refractivity contribution is 5.86. The SMILES string of the molecule is CN1C(C#N)CCC1C(=O)OC(=O)OC(C)(C)C. The predicted molar refractivity (Wildman–Crippen MR) is 62.5 cm³/mol. The van der Waals surface area contributed by atoms with Gasteiger partial charge in [-0.1, -0.05) is 0 Å². The van der Waals surface area contributed by atoms with E-state index in [1.54, 1.807) is 32.7 Å². The van der Waals surface area contributed by atoms with Crippen LogP contribution in [0.4, 0.5) is 4.79 Å². The van der Waals surface area contributed by atoms with Gasteiger partial charge in [0.1, 0.15) is 11.6 Å². The number of esters is 1. The standard InChI is InChI=1S/C12H18N2O4/c1-12(2,3)18-11(16)17-10(15)9-6-5-8(7-13)14(9)4/h8-9H,5-6H2,1-4H3. The van der Waals surface area contributed by atoms with Gasteiger partial charge < -0.3 is 9.47 Å². The van der Waals surface area contributed by atoms with Crippen LogP contribution in [0.3, 0.4) is 0 Å². The minimum Gasteiger partial charge on any atom is -0.428 e. The highest BCUT2D eigenvalue weighted by atomic mass is 16.7. The Morgan fingerprint density at radius 2 is 1.94 bits per heavy atom. The summed E-state index contributed by atoms with van der Waals surface area (Å²) in [5.41, 5.74) is -0.700. The molecule has 18 heavy (non-hydrogen) atoms. The first-order valence-corrected chi connectivity index (χ1v) is 5.81. The fourth-order valence-electron chi connectivity index (χ4n) is 1.80. The van der Waals surface area contributed by atoms with Crippen LogP contribution in [0, 0.1) is 11.3 Å². The summed E-state index contributed by atoms with van der Waals surface area (Å²) >= 11 is 0. The highest BCUT2D eigenvalue weighted by Gasteiger charge is 2.37. The van der Waals surface area contributed by atoms with E-state index in [1.165, 1.54) is 0 Å². The quantitative estimate of drug-likeness (QED) is 0.520. The number of likely N-dealkylation sites (N-methyl/N-ethyl adjacent to an activating group) is 1. The smallest absolute Gasteiger partial charge is 0.428 e. The van der Waals surface area contributed by atoms with Crippen LogP contribution in [0.1, 0.15) is 33.6 Å². The van der Waals surface area contributed by atoms with Crippen LogP contribution in [0.5, 0.6) is 0 Å². The lowest BCUT2D eigenvalue weighted by molar-refractivity contribution is -0.146. The van der Waals surface area contributed by atoms with E-state index < -0.39 is 23.8 Å². The van der Waals surface area contributed by atoms with E-state index in [-0.39, 0.29) is 6.04 Å². The lowest BCUT2D eigenvalue weighted by atomic mass is 10.2. The van der Waals surface area contributed by atoms with Gasteiger partial charge in [-0.2, -0.15) is 5.26 Å². The normalized spacial score (nSPS) is 24.4. The fourth-order valence-corrected chi connectivity index (χ4v) is 1.80. The number of carbonyl (C=O) groups excluding carboxylic acids is 2.